The first-order valence-electron chi connectivity index (χ1n) is 6.94. The maximum absolute atomic E-state index is 5.91. The molecule has 0 saturated carbocycles. The van der Waals surface area contributed by atoms with Crippen LogP contribution in [0.3, 0.4) is 0 Å². The van der Waals surface area contributed by atoms with Crippen molar-refractivity contribution >= 4 is 34.7 Å². The van der Waals surface area contributed by atoms with Gasteiger partial charge >= 0.3 is 0 Å². The van der Waals surface area contributed by atoms with Gasteiger partial charge in [-0.1, -0.05) is 30.7 Å². The second-order valence-corrected chi connectivity index (χ2v) is 8.27. The van der Waals surface area contributed by atoms with Gasteiger partial charge in [-0.3, -0.25) is 0 Å². The molecule has 4 heteroatoms. The van der Waals surface area contributed by atoms with Gasteiger partial charge in [0.15, 0.2) is 0 Å². The van der Waals surface area contributed by atoms with Gasteiger partial charge in [0.05, 0.1) is 4.21 Å². The number of nitrogens with one attached hydrogen (secondary N) is 1. The Bertz CT molecular complexity index is 564. The van der Waals surface area contributed by atoms with E-state index in [0.717, 1.165) is 18.0 Å². The van der Waals surface area contributed by atoms with E-state index in [1.54, 1.807) is 0 Å². The van der Waals surface area contributed by atoms with Crippen LogP contribution < -0.4 is 5.32 Å². The molecular formula is C16H18ClNS2. The van der Waals surface area contributed by atoms with E-state index in [9.17, 15) is 0 Å². The zero-order chi connectivity index (χ0) is 13.9. The van der Waals surface area contributed by atoms with Crippen molar-refractivity contribution in [3.05, 3.63) is 51.9 Å². The molecule has 0 fully saturated rings. The molecule has 20 heavy (non-hydrogen) atoms. The first-order valence-corrected chi connectivity index (χ1v) is 9.08. The molecule has 1 aliphatic heterocycles. The summed E-state index contributed by atoms with van der Waals surface area (Å²) >= 11 is 9.80. The van der Waals surface area contributed by atoms with Crippen LogP contribution in [-0.2, 0) is 6.42 Å². The van der Waals surface area contributed by atoms with Crippen molar-refractivity contribution in [1.82, 2.24) is 5.32 Å². The second kappa shape index (κ2) is 6.52. The van der Waals surface area contributed by atoms with E-state index in [2.05, 4.69) is 35.8 Å². The average molecular weight is 324 g/mol. The highest BCUT2D eigenvalue weighted by Crippen LogP contribution is 2.43. The Morgan fingerprint density at radius 2 is 2.05 bits per heavy atom. The summed E-state index contributed by atoms with van der Waals surface area (Å²) in [5.74, 6) is 0. The van der Waals surface area contributed by atoms with Crippen molar-refractivity contribution in [3.63, 3.8) is 0 Å². The molecule has 2 heterocycles. The molecule has 106 valence electrons. The number of benzene rings is 1. The zero-order valence-electron chi connectivity index (χ0n) is 11.4. The fourth-order valence-electron chi connectivity index (χ4n) is 2.58. The molecule has 1 unspecified atom stereocenters. The van der Waals surface area contributed by atoms with Gasteiger partial charge < -0.3 is 5.32 Å². The summed E-state index contributed by atoms with van der Waals surface area (Å²) in [5.41, 5.74) is 2.83. The lowest BCUT2D eigenvalue weighted by Crippen LogP contribution is -2.28. The lowest BCUT2D eigenvalue weighted by Gasteiger charge is -2.27. The molecule has 1 nitrogen and oxygen atoms in total. The number of hydrogen-bond donors (Lipinski definition) is 1. The molecule has 1 aliphatic rings. The van der Waals surface area contributed by atoms with Crippen LogP contribution in [0, 0.1) is 0 Å². The van der Waals surface area contributed by atoms with Gasteiger partial charge in [-0.15, -0.1) is 23.1 Å². The highest BCUT2D eigenvalue weighted by atomic mass is 35.5. The minimum Gasteiger partial charge on any atom is -0.309 e. The molecule has 1 aromatic carbocycles. The summed E-state index contributed by atoms with van der Waals surface area (Å²) < 4.78 is 1.49. The minimum absolute atomic E-state index is 0.514. The quantitative estimate of drug-likeness (QED) is 0.834. The Balaban J connectivity index is 1.58. The molecule has 0 spiro atoms. The van der Waals surface area contributed by atoms with Crippen LogP contribution in [0.5, 0.6) is 0 Å². The summed E-state index contributed by atoms with van der Waals surface area (Å²) in [6, 6.07) is 10.9. The van der Waals surface area contributed by atoms with E-state index < -0.39 is 0 Å². The highest BCUT2D eigenvalue weighted by Gasteiger charge is 2.25. The molecule has 0 saturated heterocycles. The van der Waals surface area contributed by atoms with Crippen LogP contribution in [0.1, 0.15) is 30.5 Å². The fourth-order valence-corrected chi connectivity index (χ4v) is 5.28. The first kappa shape index (κ1) is 14.5. The van der Waals surface area contributed by atoms with Crippen LogP contribution >= 0.6 is 34.7 Å². The van der Waals surface area contributed by atoms with Crippen molar-refractivity contribution in [1.29, 1.82) is 0 Å². The van der Waals surface area contributed by atoms with E-state index in [4.69, 9.17) is 11.6 Å². The third-order valence-corrected chi connectivity index (χ3v) is 6.22. The maximum atomic E-state index is 5.91. The van der Waals surface area contributed by atoms with Gasteiger partial charge in [0, 0.05) is 16.3 Å². The summed E-state index contributed by atoms with van der Waals surface area (Å²) in [5, 5.41) is 7.44. The van der Waals surface area contributed by atoms with Gasteiger partial charge in [-0.05, 0) is 54.1 Å². The third kappa shape index (κ3) is 3.40. The Morgan fingerprint density at radius 3 is 2.85 bits per heavy atom. The van der Waals surface area contributed by atoms with E-state index in [0.29, 0.717) is 11.3 Å². The summed E-state index contributed by atoms with van der Waals surface area (Å²) in [7, 11) is 0. The number of rotatable bonds is 4. The molecule has 0 radical (unpaired) electrons. The largest absolute Gasteiger partial charge is 0.309 e. The molecule has 0 bridgehead atoms. The van der Waals surface area contributed by atoms with Gasteiger partial charge in [-0.25, -0.2) is 0 Å². The molecule has 0 amide bonds. The molecule has 2 atom stereocenters. The van der Waals surface area contributed by atoms with Crippen LogP contribution in [0.15, 0.2) is 39.9 Å². The van der Waals surface area contributed by atoms with Crippen LogP contribution in [-0.4, -0.2) is 11.8 Å². The molecule has 0 aliphatic carbocycles. The number of thiophene rings is 1. The second-order valence-electron chi connectivity index (χ2n) is 5.21. The predicted octanol–water partition coefficient (Wildman–Crippen LogP) is 5.16. The Labute approximate surface area is 133 Å². The van der Waals surface area contributed by atoms with Crippen LogP contribution in [0.2, 0.25) is 5.02 Å². The highest BCUT2D eigenvalue weighted by molar-refractivity contribution is 8.01. The van der Waals surface area contributed by atoms with E-state index in [1.165, 1.54) is 21.8 Å². The van der Waals surface area contributed by atoms with Gasteiger partial charge in [0.1, 0.15) is 0 Å². The fraction of sp³-hybridized carbons (Fsp3) is 0.375. The Morgan fingerprint density at radius 1 is 1.25 bits per heavy atom. The number of fused-ring (bicyclic) bond motifs is 1. The SMILES string of the molecule is C[C@H]1CC(NCCc2ccc(Cl)cc2)c2ccsc2S1. The van der Waals surface area contributed by atoms with E-state index in [-0.39, 0.29) is 0 Å². The van der Waals surface area contributed by atoms with Crippen LogP contribution in [0.4, 0.5) is 0 Å². The standard InChI is InChI=1S/C16H18ClNS2/c1-11-10-15(14-7-9-19-16(14)20-11)18-8-6-12-2-4-13(17)5-3-12/h2-5,7,9,11,15,18H,6,8,10H2,1H3/t11-,15?/m0/s1. The van der Waals surface area contributed by atoms with Crippen molar-refractivity contribution in [2.45, 2.75) is 35.3 Å². The first-order chi connectivity index (χ1) is 9.72. The lowest BCUT2D eigenvalue weighted by molar-refractivity contribution is 0.492. The van der Waals surface area contributed by atoms with Gasteiger partial charge in [0.25, 0.3) is 0 Å². The van der Waals surface area contributed by atoms with E-state index in [1.807, 2.05) is 35.2 Å². The molecule has 3 rings (SSSR count). The van der Waals surface area contributed by atoms with Crippen molar-refractivity contribution < 1.29 is 0 Å². The molecule has 1 aromatic heterocycles. The predicted molar refractivity (Wildman–Crippen MR) is 90.2 cm³/mol. The lowest BCUT2D eigenvalue weighted by atomic mass is 10.0. The monoisotopic (exact) mass is 323 g/mol. The molecule has 2 aromatic rings. The number of thioether (sulfide) groups is 1. The van der Waals surface area contributed by atoms with Gasteiger partial charge in [0.2, 0.25) is 0 Å². The minimum atomic E-state index is 0.514. The normalized spacial score (nSPS) is 21.7. The summed E-state index contributed by atoms with van der Waals surface area (Å²) in [6.07, 6.45) is 2.27. The maximum Gasteiger partial charge on any atom is 0.0649 e. The van der Waals surface area contributed by atoms with Crippen molar-refractivity contribution in [2.24, 2.45) is 0 Å². The smallest absolute Gasteiger partial charge is 0.0649 e. The average Bonchev–Trinajstić information content (AvgIpc) is 2.89. The Hall–Kier alpha value is -0.480. The molecular weight excluding hydrogens is 306 g/mol. The number of hydrogen-bond acceptors (Lipinski definition) is 3. The third-order valence-electron chi connectivity index (χ3n) is 3.63. The summed E-state index contributed by atoms with van der Waals surface area (Å²) in [6.45, 7) is 3.33. The van der Waals surface area contributed by atoms with Crippen molar-refractivity contribution in [3.8, 4) is 0 Å². The molecule has 1 N–H and O–H groups in total. The van der Waals surface area contributed by atoms with E-state index >= 15 is 0 Å². The van der Waals surface area contributed by atoms with Crippen LogP contribution in [0.25, 0.3) is 0 Å². The Kier molecular flexibility index (Phi) is 4.72. The van der Waals surface area contributed by atoms with Gasteiger partial charge in [-0.2, -0.15) is 0 Å². The topological polar surface area (TPSA) is 12.0 Å². The summed E-state index contributed by atoms with van der Waals surface area (Å²) in [4.78, 5) is 0. The number of halogens is 1. The van der Waals surface area contributed by atoms with Crippen molar-refractivity contribution in [2.75, 3.05) is 6.54 Å². The zero-order valence-corrected chi connectivity index (χ0v) is 13.8.